The molecule has 2 N–H and O–H groups in total. The normalized spacial score (nSPS) is 11.2. The molecular formula is C20H23BrF2N2O2. The predicted molar refractivity (Wildman–Crippen MR) is 106 cm³/mol. The number of carbonyl (C=O) groups excluding carboxylic acids is 1. The number of hydrogen-bond donors (Lipinski definition) is 2. The third-order valence-corrected chi connectivity index (χ3v) is 4.46. The van der Waals surface area contributed by atoms with Crippen LogP contribution in [0.1, 0.15) is 32.8 Å². The Morgan fingerprint density at radius 3 is 2.52 bits per heavy atom. The van der Waals surface area contributed by atoms with Crippen LogP contribution in [-0.4, -0.2) is 19.2 Å². The summed E-state index contributed by atoms with van der Waals surface area (Å²) in [5.74, 6) is -0.782. The maximum Gasteiger partial charge on any atom is 0.319 e. The average molecular weight is 441 g/mol. The summed E-state index contributed by atoms with van der Waals surface area (Å²) in [6.45, 7) is 7.20. The molecule has 0 heterocycles. The largest absolute Gasteiger partial charge is 0.492 e. The van der Waals surface area contributed by atoms with Crippen LogP contribution in [0.3, 0.4) is 0 Å². The van der Waals surface area contributed by atoms with Crippen LogP contribution in [0.4, 0.5) is 19.3 Å². The van der Waals surface area contributed by atoms with Gasteiger partial charge in [0, 0.05) is 12.6 Å². The molecule has 0 spiro atoms. The first-order chi connectivity index (χ1) is 12.7. The van der Waals surface area contributed by atoms with Crippen molar-refractivity contribution in [1.29, 1.82) is 0 Å². The first-order valence-corrected chi connectivity index (χ1v) is 9.39. The van der Waals surface area contributed by atoms with Crippen molar-refractivity contribution >= 4 is 27.6 Å². The number of nitrogens with one attached hydrogen (secondary N) is 2. The van der Waals surface area contributed by atoms with Crippen LogP contribution < -0.4 is 15.4 Å². The maximum absolute atomic E-state index is 13.5. The van der Waals surface area contributed by atoms with Crippen molar-refractivity contribution in [1.82, 2.24) is 5.32 Å². The van der Waals surface area contributed by atoms with Crippen LogP contribution in [0.25, 0.3) is 0 Å². The lowest BCUT2D eigenvalue weighted by Gasteiger charge is -2.20. The van der Waals surface area contributed by atoms with Gasteiger partial charge in [0.1, 0.15) is 17.4 Å². The molecule has 0 saturated heterocycles. The van der Waals surface area contributed by atoms with E-state index in [-0.39, 0.29) is 11.1 Å². The molecule has 0 atom stereocenters. The van der Waals surface area contributed by atoms with E-state index in [1.54, 1.807) is 0 Å². The summed E-state index contributed by atoms with van der Waals surface area (Å²) < 4.78 is 32.9. The van der Waals surface area contributed by atoms with Gasteiger partial charge >= 0.3 is 6.03 Å². The Labute approximate surface area is 166 Å². The second-order valence-corrected chi connectivity index (χ2v) is 7.96. The first-order valence-electron chi connectivity index (χ1n) is 8.59. The van der Waals surface area contributed by atoms with E-state index in [4.69, 9.17) is 4.74 Å². The summed E-state index contributed by atoms with van der Waals surface area (Å²) in [6, 6.07) is 8.40. The van der Waals surface area contributed by atoms with Crippen molar-refractivity contribution in [2.75, 3.05) is 18.5 Å². The fraction of sp³-hybridized carbons (Fsp3) is 0.350. The van der Waals surface area contributed by atoms with Gasteiger partial charge in [-0.1, -0.05) is 26.8 Å². The molecule has 2 rings (SSSR count). The number of urea groups is 1. The monoisotopic (exact) mass is 440 g/mol. The molecule has 0 aromatic heterocycles. The summed E-state index contributed by atoms with van der Waals surface area (Å²) in [6.07, 6.45) is 0.576. The van der Waals surface area contributed by atoms with Crippen LogP contribution >= 0.6 is 15.9 Å². The van der Waals surface area contributed by atoms with E-state index >= 15 is 0 Å². The minimum Gasteiger partial charge on any atom is -0.492 e. The Hall–Kier alpha value is -2.15. The van der Waals surface area contributed by atoms with Gasteiger partial charge < -0.3 is 15.4 Å². The molecule has 7 heteroatoms. The number of rotatable bonds is 6. The Kier molecular flexibility index (Phi) is 7.18. The molecule has 2 aromatic carbocycles. The number of halogens is 3. The topological polar surface area (TPSA) is 50.4 Å². The number of hydrogen-bond acceptors (Lipinski definition) is 2. The van der Waals surface area contributed by atoms with Crippen molar-refractivity contribution < 1.29 is 18.3 Å². The minimum absolute atomic E-state index is 0.0579. The number of benzene rings is 2. The van der Waals surface area contributed by atoms with E-state index < -0.39 is 17.7 Å². The highest BCUT2D eigenvalue weighted by atomic mass is 79.9. The van der Waals surface area contributed by atoms with E-state index in [1.165, 1.54) is 11.6 Å². The third-order valence-electron chi connectivity index (χ3n) is 3.84. The lowest BCUT2D eigenvalue weighted by atomic mass is 9.87. The number of amides is 2. The lowest BCUT2D eigenvalue weighted by molar-refractivity contribution is 0.250. The van der Waals surface area contributed by atoms with Gasteiger partial charge in [0.15, 0.2) is 0 Å². The van der Waals surface area contributed by atoms with Gasteiger partial charge in [-0.15, -0.1) is 0 Å². The average Bonchev–Trinajstić information content (AvgIpc) is 2.57. The molecule has 0 bridgehead atoms. The number of anilines is 1. The van der Waals surface area contributed by atoms with Crippen LogP contribution in [-0.2, 0) is 5.41 Å². The van der Waals surface area contributed by atoms with Gasteiger partial charge in [-0.3, -0.25) is 0 Å². The summed E-state index contributed by atoms with van der Waals surface area (Å²) in [5, 5.41) is 4.94. The van der Waals surface area contributed by atoms with Crippen molar-refractivity contribution in [2.24, 2.45) is 0 Å². The molecule has 146 valence electrons. The van der Waals surface area contributed by atoms with Crippen molar-refractivity contribution in [3.63, 3.8) is 0 Å². The van der Waals surface area contributed by atoms with Gasteiger partial charge in [0.25, 0.3) is 0 Å². The van der Waals surface area contributed by atoms with Crippen LogP contribution in [0.15, 0.2) is 40.9 Å². The quantitative estimate of drug-likeness (QED) is 0.573. The molecule has 0 unspecified atom stereocenters. The highest BCUT2D eigenvalue weighted by molar-refractivity contribution is 9.10. The molecule has 0 aliphatic carbocycles. The smallest absolute Gasteiger partial charge is 0.319 e. The lowest BCUT2D eigenvalue weighted by Crippen LogP contribution is -2.30. The molecule has 0 aliphatic rings. The number of ether oxygens (including phenoxy) is 1. The summed E-state index contributed by atoms with van der Waals surface area (Å²) >= 11 is 3.51. The van der Waals surface area contributed by atoms with Gasteiger partial charge in [-0.25, -0.2) is 13.6 Å². The molecule has 0 radical (unpaired) electrons. The van der Waals surface area contributed by atoms with E-state index in [2.05, 4.69) is 47.3 Å². The van der Waals surface area contributed by atoms with E-state index in [0.717, 1.165) is 16.3 Å². The Bertz CT molecular complexity index is 807. The molecule has 2 aromatic rings. The fourth-order valence-electron chi connectivity index (χ4n) is 2.30. The second-order valence-electron chi connectivity index (χ2n) is 7.10. The molecule has 4 nitrogen and oxygen atoms in total. The Morgan fingerprint density at radius 2 is 1.89 bits per heavy atom. The van der Waals surface area contributed by atoms with Crippen LogP contribution in [0.5, 0.6) is 5.75 Å². The van der Waals surface area contributed by atoms with E-state index in [0.29, 0.717) is 25.6 Å². The molecule has 0 saturated carbocycles. The summed E-state index contributed by atoms with van der Waals surface area (Å²) in [7, 11) is 0. The highest BCUT2D eigenvalue weighted by Gasteiger charge is 2.15. The standard InChI is InChI=1S/C20H23BrF2N2O2/c1-20(2,3)13-5-8-18(15(21)11-13)27-10-4-9-24-19(26)25-17-7-6-14(22)12-16(17)23/h5-8,11-12H,4,9-10H2,1-3H3,(H2,24,25,26). The Morgan fingerprint density at radius 1 is 1.15 bits per heavy atom. The minimum atomic E-state index is -0.822. The second kappa shape index (κ2) is 9.17. The van der Waals surface area contributed by atoms with Crippen molar-refractivity contribution in [3.05, 3.63) is 58.1 Å². The SMILES string of the molecule is CC(C)(C)c1ccc(OCCCNC(=O)Nc2ccc(F)cc2F)c(Br)c1. The molecule has 2 amide bonds. The van der Waals surface area contributed by atoms with Gasteiger partial charge in [-0.05, 0) is 57.6 Å². The van der Waals surface area contributed by atoms with Gasteiger partial charge in [0.2, 0.25) is 0 Å². The molecular weight excluding hydrogens is 418 g/mol. The van der Waals surface area contributed by atoms with Crippen LogP contribution in [0, 0.1) is 11.6 Å². The first kappa shape index (κ1) is 21.2. The third kappa shape index (κ3) is 6.50. The predicted octanol–water partition coefficient (Wildman–Crippen LogP) is 5.62. The maximum atomic E-state index is 13.5. The molecule has 0 fully saturated rings. The zero-order valence-corrected chi connectivity index (χ0v) is 17.1. The molecule has 0 aliphatic heterocycles. The van der Waals surface area contributed by atoms with Gasteiger partial charge in [-0.2, -0.15) is 0 Å². The highest BCUT2D eigenvalue weighted by Crippen LogP contribution is 2.31. The fourth-order valence-corrected chi connectivity index (χ4v) is 2.79. The van der Waals surface area contributed by atoms with Crippen LogP contribution in [0.2, 0.25) is 0 Å². The van der Waals surface area contributed by atoms with Crippen molar-refractivity contribution in [2.45, 2.75) is 32.6 Å². The zero-order chi connectivity index (χ0) is 20.0. The van der Waals surface area contributed by atoms with E-state index in [9.17, 15) is 13.6 Å². The zero-order valence-electron chi connectivity index (χ0n) is 15.5. The van der Waals surface area contributed by atoms with Gasteiger partial charge in [0.05, 0.1) is 16.8 Å². The molecule has 27 heavy (non-hydrogen) atoms. The summed E-state index contributed by atoms with van der Waals surface area (Å²) in [4.78, 5) is 11.7. The summed E-state index contributed by atoms with van der Waals surface area (Å²) in [5.41, 5.74) is 1.18. The van der Waals surface area contributed by atoms with Crippen molar-refractivity contribution in [3.8, 4) is 5.75 Å². The Balaban J connectivity index is 1.73. The number of carbonyl (C=O) groups is 1. The van der Waals surface area contributed by atoms with E-state index in [1.807, 2.05) is 18.2 Å².